The van der Waals surface area contributed by atoms with Gasteiger partial charge in [-0.3, -0.25) is 9.79 Å². The maximum atomic E-state index is 13.7. The molecule has 1 saturated heterocycles. The number of carbonyl (C=O) groups excluding carboxylic acids is 1. The first-order valence-corrected chi connectivity index (χ1v) is 13.0. The first-order valence-electron chi connectivity index (χ1n) is 10.6. The third kappa shape index (κ3) is 3.60. The van der Waals surface area contributed by atoms with Gasteiger partial charge >= 0.3 is 0 Å². The van der Waals surface area contributed by atoms with Crippen LogP contribution in [0.5, 0.6) is 0 Å². The van der Waals surface area contributed by atoms with E-state index in [1.807, 2.05) is 0 Å². The number of carbonyl (C=O) groups is 1. The van der Waals surface area contributed by atoms with Gasteiger partial charge in [0, 0.05) is 30.6 Å². The van der Waals surface area contributed by atoms with Crippen molar-refractivity contribution in [2.45, 2.75) is 31.3 Å². The summed E-state index contributed by atoms with van der Waals surface area (Å²) in [6, 6.07) is 4.82. The number of aliphatic imine (C=N–C) groups is 1. The van der Waals surface area contributed by atoms with Crippen LogP contribution in [0.1, 0.15) is 24.6 Å². The molecule has 1 fully saturated rings. The second kappa shape index (κ2) is 8.26. The quantitative estimate of drug-likeness (QED) is 0.485. The molecule has 0 spiro atoms. The first kappa shape index (κ1) is 22.6. The molecule has 3 aromatic rings. The second-order valence-corrected chi connectivity index (χ2v) is 11.1. The summed E-state index contributed by atoms with van der Waals surface area (Å²) in [4.78, 5) is 24.1. The molecular weight excluding hydrogens is 474 g/mol. The van der Waals surface area contributed by atoms with Crippen LogP contribution in [0.25, 0.3) is 10.2 Å². The fraction of sp³-hybridized carbons (Fsp3) is 0.304. The molecule has 0 aliphatic carbocycles. The van der Waals surface area contributed by atoms with Gasteiger partial charge in [-0.15, -0.1) is 11.3 Å². The highest BCUT2D eigenvalue weighted by atomic mass is 32.2. The minimum Gasteiger partial charge on any atom is -0.380 e. The van der Waals surface area contributed by atoms with Crippen LogP contribution in [-0.2, 0) is 32.6 Å². The summed E-state index contributed by atoms with van der Waals surface area (Å²) in [7, 11) is -3.86. The van der Waals surface area contributed by atoms with E-state index in [-0.39, 0.29) is 30.5 Å². The summed E-state index contributed by atoms with van der Waals surface area (Å²) in [6.45, 7) is 10.6. The number of allylic oxidation sites excluding steroid dienone is 2. The highest BCUT2D eigenvalue weighted by Gasteiger charge is 2.49. The molecule has 0 radical (unpaired) electrons. The Hall–Kier alpha value is -3.15. The minimum atomic E-state index is -3.86. The van der Waals surface area contributed by atoms with Crippen molar-refractivity contribution in [1.29, 1.82) is 0 Å². The Morgan fingerprint density at radius 1 is 1.35 bits per heavy atom. The van der Waals surface area contributed by atoms with Gasteiger partial charge in [-0.25, -0.2) is 4.98 Å². The number of nitrogens with zero attached hydrogens (tertiary/aromatic N) is 5. The van der Waals surface area contributed by atoms with Crippen molar-refractivity contribution in [2.75, 3.05) is 13.2 Å². The van der Waals surface area contributed by atoms with Crippen LogP contribution in [-0.4, -0.2) is 52.3 Å². The van der Waals surface area contributed by atoms with E-state index in [1.54, 1.807) is 35.5 Å². The molecule has 9 nitrogen and oxygen atoms in total. The predicted octanol–water partition coefficient (Wildman–Crippen LogP) is 3.14. The molecule has 0 bridgehead atoms. The lowest BCUT2D eigenvalue weighted by Crippen LogP contribution is -2.47. The molecule has 1 aromatic carbocycles. The van der Waals surface area contributed by atoms with Crippen molar-refractivity contribution in [3.63, 3.8) is 0 Å². The van der Waals surface area contributed by atoms with Crippen molar-refractivity contribution in [3.8, 4) is 0 Å². The maximum Gasteiger partial charge on any atom is 0.283 e. The Bertz CT molecular complexity index is 1440. The summed E-state index contributed by atoms with van der Waals surface area (Å²) in [5.74, 6) is -0.132. The lowest BCUT2D eigenvalue weighted by Gasteiger charge is -2.31. The molecule has 34 heavy (non-hydrogen) atoms. The second-order valence-electron chi connectivity index (χ2n) is 8.44. The molecule has 2 aliphatic rings. The number of benzene rings is 1. The Labute approximate surface area is 201 Å². The van der Waals surface area contributed by atoms with Crippen LogP contribution in [0, 0.1) is 5.41 Å². The standard InChI is InChI=1S/C23H23N5O4S2/c1-4-21(25-15(2)3)23(7-8-32-13-23)22(29)27-10-16-11-28(26-19(16)12-27)34(30,31)17-5-6-18-20(9-17)33-14-24-18/h4-6,9,11,14H,1-2,7-8,10,12-13H2,3H3/b25-21+/t23-/m1/s1. The maximum absolute atomic E-state index is 13.7. The van der Waals surface area contributed by atoms with Gasteiger partial charge in [0.05, 0.1) is 45.2 Å². The molecule has 0 saturated carbocycles. The third-order valence-corrected chi connectivity index (χ3v) is 8.44. The molecule has 4 heterocycles. The first-order chi connectivity index (χ1) is 16.2. The average molecular weight is 498 g/mol. The molecular formula is C23H23N5O4S2. The Kier molecular flexibility index (Phi) is 5.50. The lowest BCUT2D eigenvalue weighted by molar-refractivity contribution is -0.139. The van der Waals surface area contributed by atoms with E-state index in [9.17, 15) is 13.2 Å². The van der Waals surface area contributed by atoms with Crippen molar-refractivity contribution < 1.29 is 17.9 Å². The fourth-order valence-corrected chi connectivity index (χ4v) is 6.39. The fourth-order valence-electron chi connectivity index (χ4n) is 4.40. The van der Waals surface area contributed by atoms with E-state index in [4.69, 9.17) is 4.74 Å². The Morgan fingerprint density at radius 2 is 2.18 bits per heavy atom. The number of ether oxygens (including phenoxy) is 1. The molecule has 176 valence electrons. The van der Waals surface area contributed by atoms with Gasteiger partial charge < -0.3 is 9.64 Å². The Morgan fingerprint density at radius 3 is 2.85 bits per heavy atom. The summed E-state index contributed by atoms with van der Waals surface area (Å²) < 4.78 is 33.7. The molecule has 1 atom stereocenters. The van der Waals surface area contributed by atoms with Crippen LogP contribution in [0.15, 0.2) is 64.7 Å². The molecule has 11 heteroatoms. The number of fused-ring (bicyclic) bond motifs is 2. The molecule has 2 aliphatic heterocycles. The van der Waals surface area contributed by atoms with Crippen molar-refractivity contribution in [1.82, 2.24) is 19.1 Å². The van der Waals surface area contributed by atoms with E-state index >= 15 is 0 Å². The number of amides is 1. The van der Waals surface area contributed by atoms with Gasteiger partial charge in [-0.05, 0) is 37.6 Å². The van der Waals surface area contributed by atoms with Crippen LogP contribution in [0.3, 0.4) is 0 Å². The van der Waals surface area contributed by atoms with Gasteiger partial charge in [0.25, 0.3) is 10.0 Å². The van der Waals surface area contributed by atoms with E-state index in [0.717, 1.165) is 14.3 Å². The smallest absolute Gasteiger partial charge is 0.283 e. The molecule has 5 rings (SSSR count). The van der Waals surface area contributed by atoms with Crippen LogP contribution < -0.4 is 0 Å². The van der Waals surface area contributed by atoms with Crippen LogP contribution >= 0.6 is 11.3 Å². The van der Waals surface area contributed by atoms with Gasteiger partial charge in [-0.1, -0.05) is 13.2 Å². The monoisotopic (exact) mass is 497 g/mol. The Balaban J connectivity index is 1.41. The topological polar surface area (TPSA) is 107 Å². The number of hydrogen-bond acceptors (Lipinski definition) is 8. The number of rotatable bonds is 6. The van der Waals surface area contributed by atoms with Crippen molar-refractivity contribution in [3.05, 3.63) is 66.1 Å². The van der Waals surface area contributed by atoms with Crippen LogP contribution in [0.2, 0.25) is 0 Å². The minimum absolute atomic E-state index is 0.132. The zero-order valence-electron chi connectivity index (χ0n) is 18.6. The van der Waals surface area contributed by atoms with Crippen LogP contribution in [0.4, 0.5) is 0 Å². The lowest BCUT2D eigenvalue weighted by atomic mass is 9.80. The highest BCUT2D eigenvalue weighted by molar-refractivity contribution is 7.89. The van der Waals surface area contributed by atoms with Gasteiger partial charge in [-0.2, -0.15) is 17.6 Å². The van der Waals surface area contributed by atoms with E-state index < -0.39 is 15.4 Å². The number of aromatic nitrogens is 3. The molecule has 2 aromatic heterocycles. The summed E-state index contributed by atoms with van der Waals surface area (Å²) in [5, 5.41) is 4.33. The largest absolute Gasteiger partial charge is 0.380 e. The predicted molar refractivity (Wildman–Crippen MR) is 129 cm³/mol. The van der Waals surface area contributed by atoms with Crippen molar-refractivity contribution in [2.24, 2.45) is 10.4 Å². The number of hydrogen-bond donors (Lipinski definition) is 0. The average Bonchev–Trinajstić information content (AvgIpc) is 3.59. The third-order valence-electron chi connectivity index (χ3n) is 6.12. The van der Waals surface area contributed by atoms with Crippen molar-refractivity contribution >= 4 is 43.2 Å². The normalized spacial score (nSPS) is 20.6. The summed E-state index contributed by atoms with van der Waals surface area (Å²) in [6.07, 6.45) is 3.57. The van der Waals surface area contributed by atoms with E-state index in [0.29, 0.717) is 35.7 Å². The molecule has 0 N–H and O–H groups in total. The summed E-state index contributed by atoms with van der Waals surface area (Å²) >= 11 is 1.38. The zero-order valence-corrected chi connectivity index (χ0v) is 20.2. The van der Waals surface area contributed by atoms with Gasteiger partial charge in [0.1, 0.15) is 5.41 Å². The van der Waals surface area contributed by atoms with E-state index in [1.165, 1.54) is 23.6 Å². The zero-order chi connectivity index (χ0) is 24.1. The molecule has 0 unspecified atom stereocenters. The van der Waals surface area contributed by atoms with E-state index in [2.05, 4.69) is 28.2 Å². The van der Waals surface area contributed by atoms with Gasteiger partial charge in [0.15, 0.2) is 0 Å². The highest BCUT2D eigenvalue weighted by Crippen LogP contribution is 2.37. The number of thiazole rings is 1. The van der Waals surface area contributed by atoms with Gasteiger partial charge in [0.2, 0.25) is 5.91 Å². The summed E-state index contributed by atoms with van der Waals surface area (Å²) in [5.41, 5.74) is 3.87. The SMILES string of the molecule is C=C/C(=N\C(=C)C)[C@@]1(C(=O)N2Cc3cn(S(=O)(=O)c4ccc5ncsc5c4)nc3C2)CCOC1. The molecule has 1 amide bonds.